The summed E-state index contributed by atoms with van der Waals surface area (Å²) in [7, 11) is 2.09. The summed E-state index contributed by atoms with van der Waals surface area (Å²) in [4.78, 5) is 14.3. The minimum absolute atomic E-state index is 0. The number of carbonyl (C=O) groups is 1. The van der Waals surface area contributed by atoms with Crippen LogP contribution in [0.4, 0.5) is 0 Å². The van der Waals surface area contributed by atoms with E-state index in [1.165, 1.54) is 11.8 Å². The van der Waals surface area contributed by atoms with Gasteiger partial charge >= 0.3 is 0 Å². The summed E-state index contributed by atoms with van der Waals surface area (Å²) in [5, 5.41) is 2.89. The number of nitrogens with zero attached hydrogens (tertiary/aromatic N) is 1. The zero-order valence-corrected chi connectivity index (χ0v) is 15.6. The molecule has 1 aromatic heterocycles. The highest BCUT2D eigenvalue weighted by Gasteiger charge is 2.09. The zero-order chi connectivity index (χ0) is 15.9. The van der Waals surface area contributed by atoms with Crippen LogP contribution in [0, 0.1) is 0 Å². The second-order valence-corrected chi connectivity index (χ2v) is 5.34. The van der Waals surface area contributed by atoms with Gasteiger partial charge in [-0.3, -0.25) is 4.79 Å². The van der Waals surface area contributed by atoms with Crippen molar-refractivity contribution in [3.8, 4) is 0 Å². The number of furan rings is 1. The Bertz CT molecular complexity index is 632. The van der Waals surface area contributed by atoms with E-state index in [1.807, 2.05) is 12.1 Å². The van der Waals surface area contributed by atoms with Gasteiger partial charge in [0.1, 0.15) is 12.0 Å². The molecule has 3 N–H and O–H groups in total. The Balaban J connectivity index is 0.00000264. The van der Waals surface area contributed by atoms with Gasteiger partial charge in [0, 0.05) is 13.1 Å². The third kappa shape index (κ3) is 6.53. The molecule has 0 aliphatic heterocycles. The van der Waals surface area contributed by atoms with E-state index >= 15 is 0 Å². The molecule has 0 aliphatic carbocycles. The molecule has 0 aliphatic rings. The lowest BCUT2D eigenvalue weighted by Gasteiger charge is -2.14. The molecule has 0 spiro atoms. The first-order chi connectivity index (χ1) is 10.6. The van der Waals surface area contributed by atoms with Crippen molar-refractivity contribution in [1.29, 1.82) is 0 Å². The number of halogens is 2. The summed E-state index contributed by atoms with van der Waals surface area (Å²) in [5.74, 6) is 0.453. The standard InChI is InChI=1S/C17H23N3O2.2ClH/c1-3-20(2)11-14-6-4-5-13(7-14)10-19-17(21)15-8-16(9-18)22-12-15;;/h4-8,12H,3,9-11,18H2,1-2H3,(H,19,21);2*1H. The summed E-state index contributed by atoms with van der Waals surface area (Å²) in [5.41, 5.74) is 8.29. The van der Waals surface area contributed by atoms with Crippen LogP contribution in [0.5, 0.6) is 0 Å². The average molecular weight is 374 g/mol. The maximum Gasteiger partial charge on any atom is 0.254 e. The molecule has 0 saturated carbocycles. The normalized spacial score (nSPS) is 10.0. The molecule has 0 bridgehead atoms. The average Bonchev–Trinajstić information content (AvgIpc) is 3.02. The highest BCUT2D eigenvalue weighted by atomic mass is 35.5. The van der Waals surface area contributed by atoms with Gasteiger partial charge in [0.25, 0.3) is 5.91 Å². The molecule has 0 radical (unpaired) electrons. The molecule has 0 fully saturated rings. The zero-order valence-electron chi connectivity index (χ0n) is 14.0. The lowest BCUT2D eigenvalue weighted by Crippen LogP contribution is -2.22. The fourth-order valence-electron chi connectivity index (χ4n) is 2.15. The molecule has 7 heteroatoms. The highest BCUT2D eigenvalue weighted by molar-refractivity contribution is 5.93. The Labute approximate surface area is 155 Å². The number of carbonyl (C=O) groups excluding carboxylic acids is 1. The van der Waals surface area contributed by atoms with Crippen molar-refractivity contribution in [2.24, 2.45) is 5.73 Å². The molecular formula is C17H25Cl2N3O2. The highest BCUT2D eigenvalue weighted by Crippen LogP contribution is 2.09. The topological polar surface area (TPSA) is 71.5 Å². The van der Waals surface area contributed by atoms with Crippen molar-refractivity contribution >= 4 is 30.7 Å². The number of nitrogens with one attached hydrogen (secondary N) is 1. The van der Waals surface area contributed by atoms with Crippen molar-refractivity contribution in [3.05, 3.63) is 59.0 Å². The Hall–Kier alpha value is -1.53. The fourth-order valence-corrected chi connectivity index (χ4v) is 2.15. The van der Waals surface area contributed by atoms with E-state index in [9.17, 15) is 4.79 Å². The van der Waals surface area contributed by atoms with Crippen LogP contribution in [-0.4, -0.2) is 24.4 Å². The van der Waals surface area contributed by atoms with E-state index in [4.69, 9.17) is 10.2 Å². The van der Waals surface area contributed by atoms with Gasteiger partial charge in [-0.05, 0) is 30.8 Å². The first-order valence-corrected chi connectivity index (χ1v) is 7.44. The molecule has 2 aromatic rings. The molecule has 5 nitrogen and oxygen atoms in total. The molecule has 0 atom stereocenters. The minimum atomic E-state index is -0.153. The van der Waals surface area contributed by atoms with E-state index in [0.717, 1.165) is 18.7 Å². The molecule has 1 heterocycles. The van der Waals surface area contributed by atoms with Crippen LogP contribution in [0.1, 0.15) is 34.2 Å². The van der Waals surface area contributed by atoms with E-state index in [0.29, 0.717) is 24.4 Å². The quantitative estimate of drug-likeness (QED) is 0.782. The summed E-state index contributed by atoms with van der Waals surface area (Å²) in [6, 6.07) is 9.91. The Morgan fingerprint density at radius 2 is 1.96 bits per heavy atom. The van der Waals surface area contributed by atoms with Crippen molar-refractivity contribution in [2.45, 2.75) is 26.6 Å². The molecule has 1 aromatic carbocycles. The van der Waals surface area contributed by atoms with Crippen LogP contribution < -0.4 is 11.1 Å². The van der Waals surface area contributed by atoms with E-state index in [1.54, 1.807) is 6.07 Å². The number of hydrogen-bond acceptors (Lipinski definition) is 4. The second-order valence-electron chi connectivity index (χ2n) is 5.34. The second kappa shape index (κ2) is 11.1. The van der Waals surface area contributed by atoms with Crippen molar-refractivity contribution in [3.63, 3.8) is 0 Å². The minimum Gasteiger partial charge on any atom is -0.467 e. The van der Waals surface area contributed by atoms with Crippen LogP contribution in [-0.2, 0) is 19.6 Å². The predicted octanol–water partition coefficient (Wildman–Crippen LogP) is 2.96. The first-order valence-electron chi connectivity index (χ1n) is 7.44. The number of benzene rings is 1. The van der Waals surface area contributed by atoms with E-state index in [-0.39, 0.29) is 30.7 Å². The molecule has 0 unspecified atom stereocenters. The number of rotatable bonds is 7. The van der Waals surface area contributed by atoms with Gasteiger partial charge in [0.15, 0.2) is 0 Å². The maximum absolute atomic E-state index is 12.0. The first kappa shape index (κ1) is 22.5. The number of amides is 1. The summed E-state index contributed by atoms with van der Waals surface area (Å²) in [6.45, 7) is 4.82. The van der Waals surface area contributed by atoms with Gasteiger partial charge in [-0.2, -0.15) is 0 Å². The Kier molecular flexibility index (Phi) is 10.4. The van der Waals surface area contributed by atoms with Gasteiger partial charge in [-0.1, -0.05) is 31.2 Å². The summed E-state index contributed by atoms with van der Waals surface area (Å²) >= 11 is 0. The van der Waals surface area contributed by atoms with Crippen LogP contribution >= 0.6 is 24.8 Å². The third-order valence-electron chi connectivity index (χ3n) is 3.55. The maximum atomic E-state index is 12.0. The molecule has 1 amide bonds. The monoisotopic (exact) mass is 373 g/mol. The van der Waals surface area contributed by atoms with Crippen LogP contribution in [0.25, 0.3) is 0 Å². The molecular weight excluding hydrogens is 349 g/mol. The largest absolute Gasteiger partial charge is 0.467 e. The Morgan fingerprint density at radius 1 is 1.25 bits per heavy atom. The fraction of sp³-hybridized carbons (Fsp3) is 0.353. The van der Waals surface area contributed by atoms with Gasteiger partial charge in [0.2, 0.25) is 0 Å². The van der Waals surface area contributed by atoms with E-state index < -0.39 is 0 Å². The van der Waals surface area contributed by atoms with Crippen molar-refractivity contribution in [1.82, 2.24) is 10.2 Å². The van der Waals surface area contributed by atoms with Crippen LogP contribution in [0.15, 0.2) is 41.0 Å². The molecule has 134 valence electrons. The number of nitrogens with two attached hydrogens (primary N) is 1. The lowest BCUT2D eigenvalue weighted by atomic mass is 10.1. The summed E-state index contributed by atoms with van der Waals surface area (Å²) in [6.07, 6.45) is 1.43. The van der Waals surface area contributed by atoms with Gasteiger partial charge in [0.05, 0.1) is 12.1 Å². The van der Waals surface area contributed by atoms with Crippen molar-refractivity contribution < 1.29 is 9.21 Å². The lowest BCUT2D eigenvalue weighted by molar-refractivity contribution is 0.0950. The number of hydrogen-bond donors (Lipinski definition) is 2. The van der Waals surface area contributed by atoms with Crippen LogP contribution in [0.3, 0.4) is 0 Å². The Morgan fingerprint density at radius 3 is 2.58 bits per heavy atom. The van der Waals surface area contributed by atoms with Crippen molar-refractivity contribution in [2.75, 3.05) is 13.6 Å². The SMILES string of the molecule is CCN(C)Cc1cccc(CNC(=O)c2coc(CN)c2)c1.Cl.Cl. The van der Waals surface area contributed by atoms with Gasteiger partial charge in [-0.15, -0.1) is 24.8 Å². The van der Waals surface area contributed by atoms with Gasteiger partial charge < -0.3 is 20.4 Å². The third-order valence-corrected chi connectivity index (χ3v) is 3.55. The molecule has 24 heavy (non-hydrogen) atoms. The summed E-state index contributed by atoms with van der Waals surface area (Å²) < 4.78 is 5.17. The van der Waals surface area contributed by atoms with Crippen LogP contribution in [0.2, 0.25) is 0 Å². The van der Waals surface area contributed by atoms with Gasteiger partial charge in [-0.25, -0.2) is 0 Å². The molecule has 0 saturated heterocycles. The predicted molar refractivity (Wildman–Crippen MR) is 101 cm³/mol. The van der Waals surface area contributed by atoms with E-state index in [2.05, 4.69) is 36.3 Å². The molecule has 2 rings (SSSR count). The smallest absolute Gasteiger partial charge is 0.254 e.